The summed E-state index contributed by atoms with van der Waals surface area (Å²) in [6, 6.07) is 8.34. The lowest BCUT2D eigenvalue weighted by Crippen LogP contribution is -2.64. The molecule has 156 valence electrons. The topological polar surface area (TPSA) is 132 Å². The monoisotopic (exact) mass is 398 g/mol. The second-order valence-corrected chi connectivity index (χ2v) is 8.58. The van der Waals surface area contributed by atoms with Gasteiger partial charge in [-0.05, 0) is 74.5 Å². The largest absolute Gasteiger partial charge is 0.330 e. The van der Waals surface area contributed by atoms with Crippen molar-refractivity contribution < 1.29 is 4.92 Å². The number of hydrogen-bond donors (Lipinski definition) is 4. The lowest BCUT2D eigenvalue weighted by atomic mass is 9.77. The number of benzene rings is 1. The van der Waals surface area contributed by atoms with Gasteiger partial charge in [-0.1, -0.05) is 24.3 Å². The summed E-state index contributed by atoms with van der Waals surface area (Å²) in [4.78, 5) is 16.1. The molecule has 8 heteroatoms. The second kappa shape index (κ2) is 8.12. The van der Waals surface area contributed by atoms with Gasteiger partial charge in [0.15, 0.2) is 11.6 Å². The van der Waals surface area contributed by atoms with Gasteiger partial charge in [-0.15, -0.1) is 0 Å². The van der Waals surface area contributed by atoms with Gasteiger partial charge in [0.2, 0.25) is 0 Å². The summed E-state index contributed by atoms with van der Waals surface area (Å²) in [7, 11) is 0. The molecule has 1 unspecified atom stereocenters. The predicted octanol–water partition coefficient (Wildman–Crippen LogP) is 2.15. The first-order valence-electron chi connectivity index (χ1n) is 10.5. The van der Waals surface area contributed by atoms with E-state index in [1.54, 1.807) is 0 Å². The molecule has 4 rings (SSSR count). The van der Waals surface area contributed by atoms with Gasteiger partial charge in [0, 0.05) is 0 Å². The normalized spacial score (nSPS) is 32.8. The predicted molar refractivity (Wildman–Crippen MR) is 112 cm³/mol. The molecule has 1 heterocycles. The molecule has 1 fully saturated rings. The maximum Gasteiger partial charge on any atom is 0.301 e. The number of nitrogens with zero attached hydrogens (tertiary/aromatic N) is 2. The maximum atomic E-state index is 11.6. The van der Waals surface area contributed by atoms with Gasteiger partial charge in [-0.25, -0.2) is 4.99 Å². The van der Waals surface area contributed by atoms with Crippen LogP contribution in [0, 0.1) is 22.0 Å². The highest BCUT2D eigenvalue weighted by Gasteiger charge is 2.45. The fourth-order valence-corrected chi connectivity index (χ4v) is 4.97. The molecule has 29 heavy (non-hydrogen) atoms. The Labute approximate surface area is 171 Å². The number of rotatable bonds is 5. The third kappa shape index (κ3) is 4.13. The zero-order valence-electron chi connectivity index (χ0n) is 16.6. The van der Waals surface area contributed by atoms with Crippen LogP contribution in [0.15, 0.2) is 41.2 Å². The van der Waals surface area contributed by atoms with Crippen LogP contribution in [0.1, 0.15) is 55.7 Å². The van der Waals surface area contributed by atoms with Crippen molar-refractivity contribution in [2.45, 2.75) is 56.7 Å². The Morgan fingerprint density at radius 1 is 1.17 bits per heavy atom. The van der Waals surface area contributed by atoms with Gasteiger partial charge in [-0.3, -0.25) is 15.8 Å². The number of nitrogens with two attached hydrogens (primary N) is 2. The Kier molecular flexibility index (Phi) is 5.56. The molecule has 2 atom stereocenters. The first kappa shape index (κ1) is 19.8. The first-order chi connectivity index (χ1) is 14.0. The molecule has 0 aromatic heterocycles. The Morgan fingerprint density at radius 3 is 2.62 bits per heavy atom. The third-order valence-corrected chi connectivity index (χ3v) is 6.64. The number of aliphatic imine (C=N–C) groups is 1. The van der Waals surface area contributed by atoms with Crippen molar-refractivity contribution in [1.82, 2.24) is 10.6 Å². The van der Waals surface area contributed by atoms with E-state index in [1.807, 2.05) is 12.1 Å². The van der Waals surface area contributed by atoms with E-state index >= 15 is 0 Å². The maximum absolute atomic E-state index is 11.6. The van der Waals surface area contributed by atoms with Gasteiger partial charge in [0.25, 0.3) is 0 Å². The summed E-state index contributed by atoms with van der Waals surface area (Å²) in [6.07, 6.45) is 7.97. The van der Waals surface area contributed by atoms with Crippen LogP contribution in [0.5, 0.6) is 0 Å². The molecule has 0 saturated heterocycles. The molecular weight excluding hydrogens is 368 g/mol. The summed E-state index contributed by atoms with van der Waals surface area (Å²) in [5.41, 5.74) is 13.7. The standard InChI is InChI=1S/C21H30N6O2/c22-12-15-7-5-14(6-8-15)11-21(23)19(27(28)29)13-24-20(26-21)25-18-10-9-16-3-1-2-4-17(16)18/h1-4,13-15,18H,5-12,22-23H2,(H2,24,25,26)/t14?,15?,18-,21?/m0/s1. The minimum absolute atomic E-state index is 0.0378. The molecule has 3 aliphatic rings. The Morgan fingerprint density at radius 2 is 1.90 bits per heavy atom. The molecule has 0 amide bonds. The Balaban J connectivity index is 1.52. The van der Waals surface area contributed by atoms with Crippen molar-refractivity contribution in [3.8, 4) is 0 Å². The molecule has 1 aliphatic heterocycles. The molecule has 0 radical (unpaired) electrons. The van der Waals surface area contributed by atoms with Crippen molar-refractivity contribution >= 4 is 5.96 Å². The highest BCUT2D eigenvalue weighted by molar-refractivity contribution is 5.83. The van der Waals surface area contributed by atoms with E-state index in [9.17, 15) is 10.1 Å². The van der Waals surface area contributed by atoms with Crippen LogP contribution in [-0.4, -0.2) is 23.1 Å². The lowest BCUT2D eigenvalue weighted by molar-refractivity contribution is -0.437. The van der Waals surface area contributed by atoms with Crippen LogP contribution < -0.4 is 22.1 Å². The number of aryl methyl sites for hydroxylation is 1. The molecule has 1 saturated carbocycles. The average molecular weight is 399 g/mol. The van der Waals surface area contributed by atoms with Crippen LogP contribution in [-0.2, 0) is 6.42 Å². The minimum Gasteiger partial charge on any atom is -0.330 e. The lowest BCUT2D eigenvalue weighted by Gasteiger charge is -2.37. The van der Waals surface area contributed by atoms with Crippen LogP contribution in [0.3, 0.4) is 0 Å². The van der Waals surface area contributed by atoms with Crippen LogP contribution in [0.25, 0.3) is 0 Å². The van der Waals surface area contributed by atoms with E-state index in [4.69, 9.17) is 16.5 Å². The van der Waals surface area contributed by atoms with E-state index in [0.29, 0.717) is 30.8 Å². The van der Waals surface area contributed by atoms with Crippen molar-refractivity contribution in [1.29, 1.82) is 0 Å². The number of hydrogen-bond acceptors (Lipinski definition) is 5. The third-order valence-electron chi connectivity index (χ3n) is 6.64. The molecule has 0 spiro atoms. The molecule has 8 nitrogen and oxygen atoms in total. The summed E-state index contributed by atoms with van der Waals surface area (Å²) >= 11 is 0. The van der Waals surface area contributed by atoms with Gasteiger partial charge in [-0.2, -0.15) is 0 Å². The van der Waals surface area contributed by atoms with Crippen LogP contribution in [0.4, 0.5) is 0 Å². The summed E-state index contributed by atoms with van der Waals surface area (Å²) in [6.45, 7) is 0.711. The second-order valence-electron chi connectivity index (χ2n) is 8.58. The summed E-state index contributed by atoms with van der Waals surface area (Å²) in [5.74, 6) is 1.41. The van der Waals surface area contributed by atoms with Crippen molar-refractivity contribution in [3.63, 3.8) is 0 Å². The van der Waals surface area contributed by atoms with Crippen LogP contribution >= 0.6 is 0 Å². The fourth-order valence-electron chi connectivity index (χ4n) is 4.97. The number of nitro groups is 1. The minimum atomic E-state index is -1.23. The summed E-state index contributed by atoms with van der Waals surface area (Å²) < 4.78 is 0. The van der Waals surface area contributed by atoms with Crippen molar-refractivity contribution in [2.24, 2.45) is 28.3 Å². The highest BCUT2D eigenvalue weighted by atomic mass is 16.6. The molecule has 1 aromatic carbocycles. The van der Waals surface area contributed by atoms with Crippen LogP contribution in [0.2, 0.25) is 0 Å². The van der Waals surface area contributed by atoms with E-state index in [-0.39, 0.29) is 11.7 Å². The number of guanidine groups is 1. The van der Waals surface area contributed by atoms with E-state index in [0.717, 1.165) is 38.5 Å². The Hall–Kier alpha value is -2.45. The first-order valence-corrected chi connectivity index (χ1v) is 10.5. The number of nitrogens with one attached hydrogen (secondary N) is 2. The number of fused-ring (bicyclic) bond motifs is 1. The molecule has 6 N–H and O–H groups in total. The van der Waals surface area contributed by atoms with Gasteiger partial charge < -0.3 is 16.4 Å². The Bertz CT molecular complexity index is 830. The highest BCUT2D eigenvalue weighted by Crippen LogP contribution is 2.36. The SMILES string of the molecule is NCC1CCC(CC2(N)NC(=N[C@H]3CCc4ccccc43)NC=C2[N+](=O)[O-])CC1. The zero-order chi connectivity index (χ0) is 20.4. The zero-order valence-corrected chi connectivity index (χ0v) is 16.6. The molecular formula is C21H30N6O2. The van der Waals surface area contributed by atoms with Gasteiger partial charge >= 0.3 is 5.70 Å². The molecule has 0 bridgehead atoms. The quantitative estimate of drug-likeness (QED) is 0.444. The van der Waals surface area contributed by atoms with Gasteiger partial charge in [0.1, 0.15) is 0 Å². The van der Waals surface area contributed by atoms with E-state index in [2.05, 4.69) is 22.8 Å². The van der Waals surface area contributed by atoms with E-state index in [1.165, 1.54) is 17.3 Å². The van der Waals surface area contributed by atoms with E-state index < -0.39 is 10.6 Å². The average Bonchev–Trinajstić information content (AvgIpc) is 3.11. The van der Waals surface area contributed by atoms with Crippen molar-refractivity contribution in [2.75, 3.05) is 6.54 Å². The smallest absolute Gasteiger partial charge is 0.301 e. The van der Waals surface area contributed by atoms with Gasteiger partial charge in [0.05, 0.1) is 17.2 Å². The van der Waals surface area contributed by atoms with Crippen molar-refractivity contribution in [3.05, 3.63) is 57.4 Å². The molecule has 2 aliphatic carbocycles. The summed E-state index contributed by atoms with van der Waals surface area (Å²) in [5, 5.41) is 17.8. The molecule has 1 aromatic rings. The fraction of sp³-hybridized carbons (Fsp3) is 0.571.